The van der Waals surface area contributed by atoms with E-state index in [2.05, 4.69) is 13.8 Å². The topological polar surface area (TPSA) is 26.3 Å². The molecule has 1 rings (SSSR count). The first-order valence-corrected chi connectivity index (χ1v) is 5.92. The molecule has 0 aromatic carbocycles. The molecule has 0 aliphatic carbocycles. The number of hydrogen-bond acceptors (Lipinski definition) is 2. The fourth-order valence-electron chi connectivity index (χ4n) is 2.04. The Balaban J connectivity index is 2.34. The summed E-state index contributed by atoms with van der Waals surface area (Å²) in [5.74, 6) is 0.0575. The van der Waals surface area contributed by atoms with Gasteiger partial charge in [0.25, 0.3) is 0 Å². The Hall–Kier alpha value is -0.530. The van der Waals surface area contributed by atoms with Crippen molar-refractivity contribution in [1.29, 1.82) is 0 Å². The minimum absolute atomic E-state index is 0.0575. The van der Waals surface area contributed by atoms with E-state index in [1.807, 2.05) is 0 Å². The van der Waals surface area contributed by atoms with Crippen LogP contribution in [0.15, 0.2) is 0 Å². The maximum atomic E-state index is 11.4. The number of hydrogen-bond donors (Lipinski definition) is 0. The highest BCUT2D eigenvalue weighted by atomic mass is 16.6. The molecule has 0 N–H and O–H groups in total. The molecule has 0 aromatic heterocycles. The lowest BCUT2D eigenvalue weighted by Crippen LogP contribution is -2.48. The third-order valence-corrected chi connectivity index (χ3v) is 3.18. The number of carbonyl (C=O) groups excluding carboxylic acids is 1. The monoisotopic (exact) mass is 198 g/mol. The van der Waals surface area contributed by atoms with Crippen LogP contribution in [0.1, 0.15) is 58.8 Å². The molecule has 1 heterocycles. The SMILES string of the molecule is CCCCCC1(CCCC)COC1=O. The molecule has 0 spiro atoms. The summed E-state index contributed by atoms with van der Waals surface area (Å²) in [7, 11) is 0. The summed E-state index contributed by atoms with van der Waals surface area (Å²) in [6.45, 7) is 5.04. The van der Waals surface area contributed by atoms with Gasteiger partial charge in [-0.2, -0.15) is 0 Å². The van der Waals surface area contributed by atoms with Gasteiger partial charge < -0.3 is 4.74 Å². The fraction of sp³-hybridized carbons (Fsp3) is 0.917. The van der Waals surface area contributed by atoms with Crippen molar-refractivity contribution in [3.05, 3.63) is 0 Å². The summed E-state index contributed by atoms with van der Waals surface area (Å²) < 4.78 is 4.94. The van der Waals surface area contributed by atoms with Gasteiger partial charge in [-0.3, -0.25) is 4.79 Å². The van der Waals surface area contributed by atoms with Gasteiger partial charge in [0.2, 0.25) is 0 Å². The van der Waals surface area contributed by atoms with E-state index in [-0.39, 0.29) is 11.4 Å². The molecule has 0 saturated carbocycles. The molecule has 2 nitrogen and oxygen atoms in total. The molecule has 1 unspecified atom stereocenters. The molecular formula is C12H22O2. The van der Waals surface area contributed by atoms with Crippen LogP contribution >= 0.6 is 0 Å². The van der Waals surface area contributed by atoms with Crippen LogP contribution in [0.5, 0.6) is 0 Å². The maximum Gasteiger partial charge on any atom is 0.315 e. The molecule has 82 valence electrons. The van der Waals surface area contributed by atoms with Crippen molar-refractivity contribution < 1.29 is 9.53 Å². The number of ether oxygens (including phenoxy) is 1. The number of rotatable bonds is 7. The maximum absolute atomic E-state index is 11.4. The van der Waals surface area contributed by atoms with E-state index in [9.17, 15) is 4.79 Å². The van der Waals surface area contributed by atoms with Crippen LogP contribution in [0, 0.1) is 5.41 Å². The molecule has 0 aromatic rings. The lowest BCUT2D eigenvalue weighted by Gasteiger charge is -2.39. The van der Waals surface area contributed by atoms with Crippen LogP contribution in [-0.4, -0.2) is 12.6 Å². The average molecular weight is 198 g/mol. The first-order chi connectivity index (χ1) is 6.75. The number of cyclic esters (lactones) is 1. The lowest BCUT2D eigenvalue weighted by atomic mass is 9.76. The van der Waals surface area contributed by atoms with Gasteiger partial charge in [0.1, 0.15) is 12.0 Å². The van der Waals surface area contributed by atoms with Gasteiger partial charge in [-0.1, -0.05) is 46.0 Å². The summed E-state index contributed by atoms with van der Waals surface area (Å²) in [5.41, 5.74) is -0.0782. The van der Waals surface area contributed by atoms with Gasteiger partial charge in [0.05, 0.1) is 0 Å². The number of esters is 1. The van der Waals surface area contributed by atoms with E-state index in [0.29, 0.717) is 6.61 Å². The predicted molar refractivity (Wildman–Crippen MR) is 57.1 cm³/mol. The Kier molecular flexibility index (Phi) is 4.43. The molecular weight excluding hydrogens is 176 g/mol. The largest absolute Gasteiger partial charge is 0.464 e. The van der Waals surface area contributed by atoms with E-state index < -0.39 is 0 Å². The molecule has 0 radical (unpaired) electrons. The minimum atomic E-state index is -0.0782. The zero-order chi connectivity index (χ0) is 10.4. The van der Waals surface area contributed by atoms with E-state index in [1.54, 1.807) is 0 Å². The van der Waals surface area contributed by atoms with E-state index in [0.717, 1.165) is 19.3 Å². The van der Waals surface area contributed by atoms with Crippen molar-refractivity contribution >= 4 is 5.97 Å². The summed E-state index contributed by atoms with van der Waals surface area (Å²) in [6, 6.07) is 0. The molecule has 0 amide bonds. The lowest BCUT2D eigenvalue weighted by molar-refractivity contribution is -0.188. The van der Waals surface area contributed by atoms with Crippen LogP contribution in [0.2, 0.25) is 0 Å². The zero-order valence-corrected chi connectivity index (χ0v) is 9.47. The third kappa shape index (κ3) is 2.49. The van der Waals surface area contributed by atoms with Gasteiger partial charge in [-0.25, -0.2) is 0 Å². The van der Waals surface area contributed by atoms with Crippen LogP contribution in [0.25, 0.3) is 0 Å². The first kappa shape index (κ1) is 11.5. The smallest absolute Gasteiger partial charge is 0.315 e. The molecule has 1 aliphatic rings. The quantitative estimate of drug-likeness (QED) is 0.463. The normalized spacial score (nSPS) is 25.7. The van der Waals surface area contributed by atoms with Crippen molar-refractivity contribution in [1.82, 2.24) is 0 Å². The standard InChI is InChI=1S/C12H22O2/c1-3-5-7-9-12(8-6-4-2)10-14-11(12)13/h3-10H2,1-2H3. The second kappa shape index (κ2) is 5.38. The molecule has 1 atom stereocenters. The molecule has 1 aliphatic heterocycles. The Morgan fingerprint density at radius 2 is 1.79 bits per heavy atom. The molecule has 1 saturated heterocycles. The highest BCUT2D eigenvalue weighted by molar-refractivity contribution is 5.81. The van der Waals surface area contributed by atoms with Crippen LogP contribution in [-0.2, 0) is 9.53 Å². The Labute approximate surface area is 87.0 Å². The molecule has 14 heavy (non-hydrogen) atoms. The van der Waals surface area contributed by atoms with Crippen LogP contribution in [0.4, 0.5) is 0 Å². The van der Waals surface area contributed by atoms with Crippen LogP contribution in [0.3, 0.4) is 0 Å². The zero-order valence-electron chi connectivity index (χ0n) is 9.47. The van der Waals surface area contributed by atoms with Gasteiger partial charge in [0.15, 0.2) is 0 Å². The fourth-order valence-corrected chi connectivity index (χ4v) is 2.04. The Morgan fingerprint density at radius 1 is 1.14 bits per heavy atom. The number of carbonyl (C=O) groups is 1. The van der Waals surface area contributed by atoms with Crippen molar-refractivity contribution in [2.45, 2.75) is 58.8 Å². The van der Waals surface area contributed by atoms with E-state index >= 15 is 0 Å². The summed E-state index contributed by atoms with van der Waals surface area (Å²) >= 11 is 0. The highest BCUT2D eigenvalue weighted by Crippen LogP contribution is 2.39. The van der Waals surface area contributed by atoms with E-state index in [1.165, 1.54) is 25.7 Å². The average Bonchev–Trinajstić information content (AvgIpc) is 2.21. The van der Waals surface area contributed by atoms with Gasteiger partial charge in [-0.05, 0) is 12.8 Å². The molecule has 1 fully saturated rings. The number of unbranched alkanes of at least 4 members (excludes halogenated alkanes) is 3. The summed E-state index contributed by atoms with van der Waals surface area (Å²) in [6.07, 6.45) is 8.03. The van der Waals surface area contributed by atoms with Gasteiger partial charge in [0, 0.05) is 0 Å². The molecule has 2 heteroatoms. The Bertz CT molecular complexity index is 189. The molecule has 0 bridgehead atoms. The summed E-state index contributed by atoms with van der Waals surface area (Å²) in [4.78, 5) is 11.4. The van der Waals surface area contributed by atoms with Crippen molar-refractivity contribution in [3.8, 4) is 0 Å². The predicted octanol–water partition coefficient (Wildman–Crippen LogP) is 3.30. The Morgan fingerprint density at radius 3 is 2.21 bits per heavy atom. The van der Waals surface area contributed by atoms with Gasteiger partial charge >= 0.3 is 5.97 Å². The second-order valence-electron chi connectivity index (χ2n) is 4.42. The first-order valence-electron chi connectivity index (χ1n) is 5.92. The second-order valence-corrected chi connectivity index (χ2v) is 4.42. The van der Waals surface area contributed by atoms with Crippen molar-refractivity contribution in [3.63, 3.8) is 0 Å². The third-order valence-electron chi connectivity index (χ3n) is 3.18. The van der Waals surface area contributed by atoms with Crippen molar-refractivity contribution in [2.75, 3.05) is 6.61 Å². The minimum Gasteiger partial charge on any atom is -0.464 e. The van der Waals surface area contributed by atoms with E-state index in [4.69, 9.17) is 4.74 Å². The van der Waals surface area contributed by atoms with Crippen LogP contribution < -0.4 is 0 Å². The summed E-state index contributed by atoms with van der Waals surface area (Å²) in [5, 5.41) is 0. The van der Waals surface area contributed by atoms with Crippen molar-refractivity contribution in [2.24, 2.45) is 5.41 Å². The van der Waals surface area contributed by atoms with Gasteiger partial charge in [-0.15, -0.1) is 0 Å². The highest BCUT2D eigenvalue weighted by Gasteiger charge is 2.47.